The third kappa shape index (κ3) is 3.69. The number of rotatable bonds is 3. The molecule has 0 radical (unpaired) electrons. The first kappa shape index (κ1) is 11.8. The highest BCUT2D eigenvalue weighted by atomic mass is 127. The van der Waals surface area contributed by atoms with Crippen LogP contribution in [0.3, 0.4) is 0 Å². The molecule has 0 amide bonds. The molecule has 1 saturated heterocycles. The van der Waals surface area contributed by atoms with Crippen molar-refractivity contribution in [1.82, 2.24) is 10.2 Å². The average molecular weight is 336 g/mol. The summed E-state index contributed by atoms with van der Waals surface area (Å²) in [6, 6.07) is 2.99. The number of piperidine rings is 1. The normalized spacial score (nSPS) is 19.6. The van der Waals surface area contributed by atoms with Crippen molar-refractivity contribution < 1.29 is 0 Å². The summed E-state index contributed by atoms with van der Waals surface area (Å²) in [5.74, 6) is 0. The number of halogens is 1. The van der Waals surface area contributed by atoms with Crippen molar-refractivity contribution in [3.63, 3.8) is 0 Å². The third-order valence-electron chi connectivity index (χ3n) is 2.91. The van der Waals surface area contributed by atoms with Crippen molar-refractivity contribution >= 4 is 33.9 Å². The molecule has 2 rings (SSSR count). The predicted octanol–water partition coefficient (Wildman–Crippen LogP) is 2.54. The Morgan fingerprint density at radius 2 is 2.27 bits per heavy atom. The van der Waals surface area contributed by atoms with E-state index in [1.54, 1.807) is 0 Å². The summed E-state index contributed by atoms with van der Waals surface area (Å²) in [5, 5.41) is 5.87. The zero-order valence-electron chi connectivity index (χ0n) is 9.00. The fraction of sp³-hybridized carbons (Fsp3) is 0.636. The molecule has 1 fully saturated rings. The Morgan fingerprint density at radius 3 is 2.87 bits per heavy atom. The highest BCUT2D eigenvalue weighted by molar-refractivity contribution is 14.1. The molecule has 0 spiro atoms. The van der Waals surface area contributed by atoms with Gasteiger partial charge in [0.1, 0.15) is 0 Å². The Labute approximate surface area is 109 Å². The maximum Gasteiger partial charge on any atom is 0.0302 e. The van der Waals surface area contributed by atoms with Crippen molar-refractivity contribution in [3.05, 3.63) is 19.9 Å². The van der Waals surface area contributed by atoms with Crippen molar-refractivity contribution in [1.29, 1.82) is 0 Å². The monoisotopic (exact) mass is 336 g/mol. The van der Waals surface area contributed by atoms with E-state index < -0.39 is 0 Å². The van der Waals surface area contributed by atoms with Crippen LogP contribution < -0.4 is 5.32 Å². The Balaban J connectivity index is 1.74. The van der Waals surface area contributed by atoms with Crippen LogP contribution in [0, 0.1) is 3.57 Å². The fourth-order valence-electron chi connectivity index (χ4n) is 1.90. The first-order chi connectivity index (χ1) is 7.24. The molecule has 15 heavy (non-hydrogen) atoms. The number of likely N-dealkylation sites (tertiary alicyclic amines) is 1. The van der Waals surface area contributed by atoms with Gasteiger partial charge in [0.2, 0.25) is 0 Å². The van der Waals surface area contributed by atoms with Crippen LogP contribution in [0.1, 0.15) is 17.7 Å². The third-order valence-corrected chi connectivity index (χ3v) is 4.89. The molecule has 0 saturated carbocycles. The van der Waals surface area contributed by atoms with Crippen LogP contribution in [0.25, 0.3) is 0 Å². The second kappa shape index (κ2) is 5.61. The van der Waals surface area contributed by atoms with Crippen LogP contribution in [0.5, 0.6) is 0 Å². The molecular formula is C11H17IN2S. The van der Waals surface area contributed by atoms with E-state index in [2.05, 4.69) is 51.3 Å². The van der Waals surface area contributed by atoms with Crippen LogP contribution in [0.2, 0.25) is 0 Å². The Morgan fingerprint density at radius 1 is 1.53 bits per heavy atom. The average Bonchev–Trinajstić information content (AvgIpc) is 2.64. The first-order valence-corrected chi connectivity index (χ1v) is 7.35. The van der Waals surface area contributed by atoms with Gasteiger partial charge in [-0.1, -0.05) is 0 Å². The lowest BCUT2D eigenvalue weighted by Gasteiger charge is -2.29. The Hall–Kier alpha value is 0.350. The molecule has 1 aromatic rings. The van der Waals surface area contributed by atoms with E-state index in [1.807, 2.05) is 11.3 Å². The van der Waals surface area contributed by atoms with Gasteiger partial charge in [0.05, 0.1) is 0 Å². The topological polar surface area (TPSA) is 15.3 Å². The Bertz CT molecular complexity index is 305. The summed E-state index contributed by atoms with van der Waals surface area (Å²) in [6.45, 7) is 3.52. The standard InChI is InChI=1S/C11H17IN2S/c1-14-4-2-10(3-5-14)13-7-11-6-9(12)8-15-11/h6,8,10,13H,2-5,7H2,1H3. The fourth-order valence-corrected chi connectivity index (χ4v) is 3.57. The summed E-state index contributed by atoms with van der Waals surface area (Å²) in [7, 11) is 2.21. The maximum atomic E-state index is 3.65. The van der Waals surface area contributed by atoms with Gasteiger partial charge >= 0.3 is 0 Å². The molecule has 0 aromatic carbocycles. The highest BCUT2D eigenvalue weighted by Crippen LogP contribution is 2.17. The molecular weight excluding hydrogens is 319 g/mol. The summed E-state index contributed by atoms with van der Waals surface area (Å²) in [6.07, 6.45) is 2.58. The van der Waals surface area contributed by atoms with Crippen LogP contribution in [0.4, 0.5) is 0 Å². The van der Waals surface area contributed by atoms with E-state index in [1.165, 1.54) is 34.4 Å². The molecule has 4 heteroatoms. The SMILES string of the molecule is CN1CCC(NCc2cc(I)cs2)CC1. The van der Waals surface area contributed by atoms with E-state index in [0.29, 0.717) is 0 Å². The Kier molecular flexibility index (Phi) is 4.42. The molecule has 0 atom stereocenters. The number of nitrogens with one attached hydrogen (secondary N) is 1. The van der Waals surface area contributed by atoms with Crippen molar-refractivity contribution in [2.75, 3.05) is 20.1 Å². The molecule has 0 aliphatic carbocycles. The van der Waals surface area contributed by atoms with Crippen molar-refractivity contribution in [3.8, 4) is 0 Å². The summed E-state index contributed by atoms with van der Waals surface area (Å²) >= 11 is 4.23. The molecule has 2 heterocycles. The maximum absolute atomic E-state index is 3.65. The molecule has 2 nitrogen and oxygen atoms in total. The van der Waals surface area contributed by atoms with E-state index in [-0.39, 0.29) is 0 Å². The lowest BCUT2D eigenvalue weighted by Crippen LogP contribution is -2.40. The number of hydrogen-bond donors (Lipinski definition) is 1. The lowest BCUT2D eigenvalue weighted by atomic mass is 10.1. The molecule has 0 bridgehead atoms. The quantitative estimate of drug-likeness (QED) is 0.854. The zero-order chi connectivity index (χ0) is 10.7. The van der Waals surface area contributed by atoms with E-state index in [9.17, 15) is 0 Å². The summed E-state index contributed by atoms with van der Waals surface area (Å²) in [4.78, 5) is 3.87. The van der Waals surface area contributed by atoms with Gasteiger partial charge in [0.15, 0.2) is 0 Å². The molecule has 84 valence electrons. The van der Waals surface area contributed by atoms with Gasteiger partial charge in [0.25, 0.3) is 0 Å². The number of thiophene rings is 1. The van der Waals surface area contributed by atoms with Crippen LogP contribution >= 0.6 is 33.9 Å². The van der Waals surface area contributed by atoms with Crippen molar-refractivity contribution in [2.24, 2.45) is 0 Å². The van der Waals surface area contributed by atoms with Gasteiger partial charge in [-0.3, -0.25) is 0 Å². The minimum atomic E-state index is 0.723. The van der Waals surface area contributed by atoms with Gasteiger partial charge < -0.3 is 10.2 Å². The van der Waals surface area contributed by atoms with Gasteiger partial charge in [-0.15, -0.1) is 11.3 Å². The van der Waals surface area contributed by atoms with E-state index >= 15 is 0 Å². The van der Waals surface area contributed by atoms with Crippen LogP contribution in [-0.4, -0.2) is 31.1 Å². The summed E-state index contributed by atoms with van der Waals surface area (Å²) in [5.41, 5.74) is 0. The molecule has 1 aliphatic rings. The van der Waals surface area contributed by atoms with Gasteiger partial charge in [-0.05, 0) is 61.6 Å². The minimum Gasteiger partial charge on any atom is -0.309 e. The first-order valence-electron chi connectivity index (χ1n) is 5.39. The van der Waals surface area contributed by atoms with E-state index in [4.69, 9.17) is 0 Å². The highest BCUT2D eigenvalue weighted by Gasteiger charge is 2.15. The zero-order valence-corrected chi connectivity index (χ0v) is 12.0. The molecule has 1 N–H and O–H groups in total. The minimum absolute atomic E-state index is 0.723. The second-order valence-electron chi connectivity index (χ2n) is 4.19. The van der Waals surface area contributed by atoms with Crippen LogP contribution in [0.15, 0.2) is 11.4 Å². The number of hydrogen-bond acceptors (Lipinski definition) is 3. The van der Waals surface area contributed by atoms with Gasteiger partial charge in [-0.2, -0.15) is 0 Å². The largest absolute Gasteiger partial charge is 0.309 e. The second-order valence-corrected chi connectivity index (χ2v) is 6.43. The molecule has 1 aromatic heterocycles. The molecule has 0 unspecified atom stereocenters. The van der Waals surface area contributed by atoms with E-state index in [0.717, 1.165) is 12.6 Å². The number of nitrogens with zero attached hydrogens (tertiary/aromatic N) is 1. The van der Waals surface area contributed by atoms with Crippen molar-refractivity contribution in [2.45, 2.75) is 25.4 Å². The summed E-state index contributed by atoms with van der Waals surface area (Å²) < 4.78 is 1.36. The van der Waals surface area contributed by atoms with Gasteiger partial charge in [0, 0.05) is 26.4 Å². The van der Waals surface area contributed by atoms with Crippen LogP contribution in [-0.2, 0) is 6.54 Å². The molecule has 1 aliphatic heterocycles. The smallest absolute Gasteiger partial charge is 0.0302 e. The van der Waals surface area contributed by atoms with Gasteiger partial charge in [-0.25, -0.2) is 0 Å². The predicted molar refractivity (Wildman–Crippen MR) is 74.4 cm³/mol. The lowest BCUT2D eigenvalue weighted by molar-refractivity contribution is 0.234.